The summed E-state index contributed by atoms with van der Waals surface area (Å²) in [6, 6.07) is 2.84. The first-order valence-corrected chi connectivity index (χ1v) is 9.39. The van der Waals surface area contributed by atoms with E-state index in [-0.39, 0.29) is 30.2 Å². The van der Waals surface area contributed by atoms with Crippen LogP contribution in [0.1, 0.15) is 44.3 Å². The van der Waals surface area contributed by atoms with Gasteiger partial charge in [-0.3, -0.25) is 9.59 Å². The highest BCUT2D eigenvalue weighted by atomic mass is 16.4. The molecule has 1 saturated carbocycles. The van der Waals surface area contributed by atoms with Gasteiger partial charge in [-0.05, 0) is 37.3 Å². The van der Waals surface area contributed by atoms with Crippen LogP contribution in [0, 0.1) is 11.8 Å². The van der Waals surface area contributed by atoms with E-state index in [1.54, 1.807) is 28.2 Å². The fraction of sp³-hybridized carbons (Fsp3) is 0.632. The molecule has 4 unspecified atom stereocenters. The van der Waals surface area contributed by atoms with Crippen LogP contribution in [0.5, 0.6) is 0 Å². The van der Waals surface area contributed by atoms with Crippen molar-refractivity contribution < 1.29 is 23.9 Å². The van der Waals surface area contributed by atoms with Crippen LogP contribution in [-0.2, 0) is 20.9 Å². The summed E-state index contributed by atoms with van der Waals surface area (Å²) >= 11 is 0. The number of likely N-dealkylation sites (tertiary alicyclic amines) is 2. The van der Waals surface area contributed by atoms with E-state index >= 15 is 0 Å². The fourth-order valence-electron chi connectivity index (χ4n) is 4.89. The average molecular weight is 360 g/mol. The Labute approximate surface area is 151 Å². The molecule has 2 amide bonds. The van der Waals surface area contributed by atoms with Gasteiger partial charge in [-0.25, -0.2) is 4.79 Å². The van der Waals surface area contributed by atoms with Crippen molar-refractivity contribution in [1.82, 2.24) is 9.80 Å². The number of hydrogen-bond donors (Lipinski definition) is 1. The first-order valence-electron chi connectivity index (χ1n) is 9.39. The molecule has 7 nitrogen and oxygen atoms in total. The molecule has 0 spiro atoms. The third-order valence-electron chi connectivity index (χ3n) is 6.12. The van der Waals surface area contributed by atoms with Gasteiger partial charge in [0.1, 0.15) is 11.8 Å². The van der Waals surface area contributed by atoms with E-state index in [0.29, 0.717) is 25.3 Å². The summed E-state index contributed by atoms with van der Waals surface area (Å²) in [5, 5.41) is 9.61. The number of aliphatic carboxylic acids is 1. The van der Waals surface area contributed by atoms with E-state index in [1.165, 1.54) is 0 Å². The van der Waals surface area contributed by atoms with E-state index in [4.69, 9.17) is 4.42 Å². The van der Waals surface area contributed by atoms with Gasteiger partial charge in [0.05, 0.1) is 18.7 Å². The molecule has 3 fully saturated rings. The molecule has 1 N–H and O–H groups in total. The zero-order chi connectivity index (χ0) is 18.3. The zero-order valence-electron chi connectivity index (χ0n) is 14.7. The third-order valence-corrected chi connectivity index (χ3v) is 6.12. The van der Waals surface area contributed by atoms with E-state index in [1.807, 2.05) is 0 Å². The van der Waals surface area contributed by atoms with Crippen LogP contribution in [0.2, 0.25) is 0 Å². The number of furan rings is 1. The van der Waals surface area contributed by atoms with Gasteiger partial charge in [0.2, 0.25) is 11.8 Å². The lowest BCUT2D eigenvalue weighted by atomic mass is 9.84. The highest BCUT2D eigenvalue weighted by Gasteiger charge is 2.50. The molecular weight excluding hydrogens is 336 g/mol. The maximum absolute atomic E-state index is 13.2. The summed E-state index contributed by atoms with van der Waals surface area (Å²) in [7, 11) is 0. The monoisotopic (exact) mass is 360 g/mol. The first kappa shape index (κ1) is 17.1. The molecule has 0 aromatic carbocycles. The van der Waals surface area contributed by atoms with Crippen LogP contribution in [0.25, 0.3) is 0 Å². The zero-order valence-corrected chi connectivity index (χ0v) is 14.7. The summed E-state index contributed by atoms with van der Waals surface area (Å²) in [5.74, 6) is -0.661. The average Bonchev–Trinajstić information content (AvgIpc) is 3.34. The maximum atomic E-state index is 13.2. The second-order valence-corrected chi connectivity index (χ2v) is 7.70. The second-order valence-electron chi connectivity index (χ2n) is 7.70. The normalized spacial score (nSPS) is 31.3. The number of amides is 2. The largest absolute Gasteiger partial charge is 0.480 e. The minimum absolute atomic E-state index is 0.0200. The predicted molar refractivity (Wildman–Crippen MR) is 90.9 cm³/mol. The van der Waals surface area contributed by atoms with Crippen LogP contribution >= 0.6 is 0 Å². The molecule has 2 saturated heterocycles. The Balaban J connectivity index is 1.49. The molecule has 3 aliphatic rings. The van der Waals surface area contributed by atoms with E-state index < -0.39 is 17.9 Å². The van der Waals surface area contributed by atoms with E-state index in [9.17, 15) is 19.5 Å². The summed E-state index contributed by atoms with van der Waals surface area (Å²) in [4.78, 5) is 40.5. The molecule has 2 aliphatic heterocycles. The number of hydrogen-bond acceptors (Lipinski definition) is 4. The van der Waals surface area contributed by atoms with Crippen molar-refractivity contribution in [3.05, 3.63) is 24.2 Å². The van der Waals surface area contributed by atoms with Crippen molar-refractivity contribution in [3.63, 3.8) is 0 Å². The molecule has 140 valence electrons. The Morgan fingerprint density at radius 3 is 2.81 bits per heavy atom. The Morgan fingerprint density at radius 2 is 2.08 bits per heavy atom. The number of carbonyl (C=O) groups excluding carboxylic acids is 2. The Hall–Kier alpha value is -2.31. The lowest BCUT2D eigenvalue weighted by Crippen LogP contribution is -2.49. The van der Waals surface area contributed by atoms with Crippen molar-refractivity contribution in [2.24, 2.45) is 11.8 Å². The maximum Gasteiger partial charge on any atom is 0.326 e. The summed E-state index contributed by atoms with van der Waals surface area (Å²) in [6.45, 7) is 0.683. The first-order chi connectivity index (χ1) is 12.5. The van der Waals surface area contributed by atoms with Gasteiger partial charge in [-0.15, -0.1) is 0 Å². The second kappa shape index (κ2) is 6.78. The molecule has 0 radical (unpaired) electrons. The SMILES string of the molecule is O=C(O)C1CC2CCCCC2N1C(=O)C1CC(=O)N(Cc2ccco2)C1. The number of carboxylic acids is 1. The number of rotatable bonds is 4. The van der Waals surface area contributed by atoms with Crippen LogP contribution in [0.3, 0.4) is 0 Å². The lowest BCUT2D eigenvalue weighted by Gasteiger charge is -2.34. The lowest BCUT2D eigenvalue weighted by molar-refractivity contribution is -0.151. The topological polar surface area (TPSA) is 91.1 Å². The quantitative estimate of drug-likeness (QED) is 0.885. The predicted octanol–water partition coefficient (Wildman–Crippen LogP) is 1.87. The fourth-order valence-corrected chi connectivity index (χ4v) is 4.89. The van der Waals surface area contributed by atoms with Crippen molar-refractivity contribution in [2.45, 2.75) is 57.2 Å². The molecular formula is C19H24N2O5. The highest BCUT2D eigenvalue weighted by Crippen LogP contribution is 2.41. The summed E-state index contributed by atoms with van der Waals surface area (Å²) in [6.07, 6.45) is 6.26. The van der Waals surface area contributed by atoms with Gasteiger partial charge >= 0.3 is 5.97 Å². The summed E-state index contributed by atoms with van der Waals surface area (Å²) in [5.41, 5.74) is 0. The van der Waals surface area contributed by atoms with Crippen LogP contribution in [0.15, 0.2) is 22.8 Å². The molecule has 0 bridgehead atoms. The highest BCUT2D eigenvalue weighted by molar-refractivity contribution is 5.92. The Morgan fingerprint density at radius 1 is 1.27 bits per heavy atom. The smallest absolute Gasteiger partial charge is 0.326 e. The number of carboxylic acid groups (broad SMARTS) is 1. The van der Waals surface area contributed by atoms with Gasteiger partial charge in [0, 0.05) is 19.0 Å². The molecule has 4 atom stereocenters. The van der Waals surface area contributed by atoms with E-state index in [0.717, 1.165) is 25.7 Å². The van der Waals surface area contributed by atoms with Gasteiger partial charge in [-0.2, -0.15) is 0 Å². The molecule has 1 aliphatic carbocycles. The van der Waals surface area contributed by atoms with Crippen molar-refractivity contribution in [3.8, 4) is 0 Å². The molecule has 7 heteroatoms. The van der Waals surface area contributed by atoms with Gasteiger partial charge in [-0.1, -0.05) is 12.8 Å². The number of nitrogens with zero attached hydrogens (tertiary/aromatic N) is 2. The van der Waals surface area contributed by atoms with Crippen LogP contribution in [0.4, 0.5) is 0 Å². The number of fused-ring (bicyclic) bond motifs is 1. The van der Waals surface area contributed by atoms with Crippen LogP contribution in [-0.4, -0.2) is 51.3 Å². The van der Waals surface area contributed by atoms with Gasteiger partial charge in [0.25, 0.3) is 0 Å². The standard InChI is InChI=1S/C19H24N2O5/c22-17-9-13(10-20(17)11-14-5-3-7-26-14)18(23)21-15-6-2-1-4-12(15)8-16(21)19(24)25/h3,5,7,12-13,15-16H,1-2,4,6,8-11H2,(H,24,25). The van der Waals surface area contributed by atoms with Crippen molar-refractivity contribution in [1.29, 1.82) is 0 Å². The summed E-state index contributed by atoms with van der Waals surface area (Å²) < 4.78 is 5.29. The minimum atomic E-state index is -0.926. The molecule has 1 aromatic rings. The number of carbonyl (C=O) groups is 3. The van der Waals surface area contributed by atoms with Crippen molar-refractivity contribution in [2.75, 3.05) is 6.54 Å². The van der Waals surface area contributed by atoms with Crippen LogP contribution < -0.4 is 0 Å². The Kier molecular flexibility index (Phi) is 4.46. The van der Waals surface area contributed by atoms with E-state index in [2.05, 4.69) is 0 Å². The molecule has 3 heterocycles. The molecule has 1 aromatic heterocycles. The molecule has 26 heavy (non-hydrogen) atoms. The Bertz CT molecular complexity index is 701. The minimum Gasteiger partial charge on any atom is -0.480 e. The third kappa shape index (κ3) is 2.99. The van der Waals surface area contributed by atoms with Gasteiger partial charge < -0.3 is 19.3 Å². The van der Waals surface area contributed by atoms with Gasteiger partial charge in [0.15, 0.2) is 0 Å². The van der Waals surface area contributed by atoms with Crippen molar-refractivity contribution >= 4 is 17.8 Å². The molecule has 4 rings (SSSR count).